The fraction of sp³-hybridized carbons (Fsp3) is 0.350. The minimum absolute atomic E-state index is 0.0503. The summed E-state index contributed by atoms with van der Waals surface area (Å²) in [6.07, 6.45) is 5.80. The highest BCUT2D eigenvalue weighted by Crippen LogP contribution is 2.39. The molecule has 1 unspecified atom stereocenters. The molecule has 0 heterocycles. The van der Waals surface area contributed by atoms with E-state index in [1.54, 1.807) is 0 Å². The van der Waals surface area contributed by atoms with E-state index in [-0.39, 0.29) is 12.8 Å². The molecule has 1 aromatic rings. The van der Waals surface area contributed by atoms with Crippen LogP contribution in [0.5, 0.6) is 0 Å². The molecule has 2 rings (SSSR count). The number of rotatable bonds is 9. The summed E-state index contributed by atoms with van der Waals surface area (Å²) in [5.41, 5.74) is -2.66. The molecule has 1 aliphatic rings. The Morgan fingerprint density at radius 3 is 2.38 bits per heavy atom. The van der Waals surface area contributed by atoms with Crippen molar-refractivity contribution in [3.63, 3.8) is 0 Å². The Morgan fingerprint density at radius 1 is 1.17 bits per heavy atom. The second-order valence-electron chi connectivity index (χ2n) is 7.82. The summed E-state index contributed by atoms with van der Waals surface area (Å²) in [6.45, 7) is 4.49. The topological polar surface area (TPSA) is 124 Å². The van der Waals surface area contributed by atoms with E-state index < -0.39 is 40.7 Å². The van der Waals surface area contributed by atoms with Gasteiger partial charge in [-0.15, -0.1) is 0 Å². The first-order valence-corrected chi connectivity index (χ1v) is 12.4. The van der Waals surface area contributed by atoms with Gasteiger partial charge in [-0.1, -0.05) is 60.8 Å². The molecule has 154 valence electrons. The molecule has 29 heavy (non-hydrogen) atoms. The summed E-state index contributed by atoms with van der Waals surface area (Å²) in [5.74, 6) is -1.29. The van der Waals surface area contributed by atoms with Crippen LogP contribution in [-0.4, -0.2) is 29.0 Å². The minimum atomic E-state index is -1.66. The zero-order chi connectivity index (χ0) is 21.7. The van der Waals surface area contributed by atoms with Gasteiger partial charge in [0.1, 0.15) is 5.41 Å². The van der Waals surface area contributed by atoms with E-state index in [2.05, 4.69) is 25.2 Å². The molecular weight excluding hydrogens is 392 g/mol. The Kier molecular flexibility index (Phi) is 6.86. The molecule has 9 heteroatoms. The highest BCUT2D eigenvalue weighted by atomic mass is 28.3. The van der Waals surface area contributed by atoms with Crippen molar-refractivity contribution in [1.82, 2.24) is 0 Å². The summed E-state index contributed by atoms with van der Waals surface area (Å²) in [4.78, 5) is 32.6. The van der Waals surface area contributed by atoms with Gasteiger partial charge in [0.05, 0.1) is 30.4 Å². The van der Waals surface area contributed by atoms with Crippen molar-refractivity contribution in [2.45, 2.75) is 38.4 Å². The Morgan fingerprint density at radius 2 is 1.83 bits per heavy atom. The standard InChI is InChI=1S/C20H24N2O6Si/c1-29(2,18-9-5-3-6-10-18)12-8-4-7-11-20(19(23)24)14-16(21(25)26)13-17(15-20)22(27)28/h3-6,8-10,13-14H,7,11-12,15H2,1-2H3,(H,23,24)/b8-4-. The molecule has 1 aliphatic carbocycles. The monoisotopic (exact) mass is 416 g/mol. The van der Waals surface area contributed by atoms with Gasteiger partial charge in [-0.3, -0.25) is 25.0 Å². The minimum Gasteiger partial charge on any atom is -0.481 e. The van der Waals surface area contributed by atoms with E-state index in [1.807, 2.05) is 30.4 Å². The van der Waals surface area contributed by atoms with Gasteiger partial charge in [-0.25, -0.2) is 0 Å². The summed E-state index contributed by atoms with van der Waals surface area (Å²) in [5, 5.41) is 33.3. The van der Waals surface area contributed by atoms with Crippen LogP contribution in [-0.2, 0) is 4.79 Å². The first kappa shape index (κ1) is 22.2. The summed E-state index contributed by atoms with van der Waals surface area (Å²) >= 11 is 0. The van der Waals surface area contributed by atoms with Crippen LogP contribution in [0.25, 0.3) is 0 Å². The van der Waals surface area contributed by atoms with E-state index >= 15 is 0 Å². The normalized spacial score (nSPS) is 19.5. The Labute approximate surface area is 169 Å². The maximum Gasteiger partial charge on any atom is 0.314 e. The van der Waals surface area contributed by atoms with Crippen molar-refractivity contribution in [1.29, 1.82) is 0 Å². The summed E-state index contributed by atoms with van der Waals surface area (Å²) in [6, 6.07) is 11.1. The number of carboxylic acids is 1. The number of allylic oxidation sites excluding steroid dienone is 4. The summed E-state index contributed by atoms with van der Waals surface area (Å²) in [7, 11) is -1.66. The molecule has 8 nitrogen and oxygen atoms in total. The smallest absolute Gasteiger partial charge is 0.314 e. The average molecular weight is 417 g/mol. The highest BCUT2D eigenvalue weighted by molar-refractivity contribution is 6.90. The van der Waals surface area contributed by atoms with Crippen LogP contribution in [0, 0.1) is 25.6 Å². The van der Waals surface area contributed by atoms with Gasteiger partial charge in [0.25, 0.3) is 11.4 Å². The first-order valence-electron chi connectivity index (χ1n) is 9.23. The molecule has 0 radical (unpaired) electrons. The molecule has 0 fully saturated rings. The molecule has 0 bridgehead atoms. The van der Waals surface area contributed by atoms with Gasteiger partial charge in [0, 0.05) is 6.08 Å². The van der Waals surface area contributed by atoms with Crippen molar-refractivity contribution in [3.05, 3.63) is 86.3 Å². The van der Waals surface area contributed by atoms with Gasteiger partial charge < -0.3 is 5.11 Å². The third-order valence-electron chi connectivity index (χ3n) is 5.21. The van der Waals surface area contributed by atoms with Crippen LogP contribution in [0.2, 0.25) is 19.1 Å². The zero-order valence-electron chi connectivity index (χ0n) is 16.4. The van der Waals surface area contributed by atoms with Gasteiger partial charge >= 0.3 is 5.97 Å². The van der Waals surface area contributed by atoms with Crippen molar-refractivity contribution in [3.8, 4) is 0 Å². The molecule has 0 amide bonds. The lowest BCUT2D eigenvalue weighted by molar-refractivity contribution is -0.440. The number of nitro groups is 2. The molecule has 0 spiro atoms. The van der Waals surface area contributed by atoms with Crippen LogP contribution in [0.1, 0.15) is 19.3 Å². The second-order valence-corrected chi connectivity index (χ2v) is 12.6. The Bertz CT molecular complexity index is 891. The number of carbonyl (C=O) groups is 1. The van der Waals surface area contributed by atoms with Gasteiger partial charge in [0.15, 0.2) is 0 Å². The largest absolute Gasteiger partial charge is 0.481 e. The van der Waals surface area contributed by atoms with E-state index in [0.29, 0.717) is 6.42 Å². The molecule has 0 saturated carbocycles. The van der Waals surface area contributed by atoms with Crippen molar-refractivity contribution in [2.24, 2.45) is 5.41 Å². The number of nitrogens with zero attached hydrogens (tertiary/aromatic N) is 2. The van der Waals surface area contributed by atoms with Crippen LogP contribution in [0.4, 0.5) is 0 Å². The third-order valence-corrected chi connectivity index (χ3v) is 8.37. The van der Waals surface area contributed by atoms with Crippen LogP contribution in [0.3, 0.4) is 0 Å². The number of hydrogen-bond acceptors (Lipinski definition) is 5. The van der Waals surface area contributed by atoms with E-state index in [9.17, 15) is 30.1 Å². The van der Waals surface area contributed by atoms with Crippen LogP contribution in [0.15, 0.2) is 66.0 Å². The van der Waals surface area contributed by atoms with Crippen molar-refractivity contribution in [2.75, 3.05) is 0 Å². The van der Waals surface area contributed by atoms with E-state index in [0.717, 1.165) is 18.2 Å². The molecule has 0 saturated heterocycles. The maximum absolute atomic E-state index is 11.9. The predicted octanol–water partition coefficient (Wildman–Crippen LogP) is 3.73. The quantitative estimate of drug-likeness (QED) is 0.283. The highest BCUT2D eigenvalue weighted by Gasteiger charge is 2.45. The Hall–Kier alpha value is -3.07. The molecule has 1 aromatic carbocycles. The zero-order valence-corrected chi connectivity index (χ0v) is 17.4. The average Bonchev–Trinajstić information content (AvgIpc) is 2.67. The SMILES string of the molecule is C[Si](C)(C/C=C\CCC1(C(=O)O)C=C([N+](=O)[O-])C=C([N+](=O)[O-])C1)c1ccccc1. The number of carboxylic acid groups (broad SMARTS) is 1. The maximum atomic E-state index is 11.9. The summed E-state index contributed by atoms with van der Waals surface area (Å²) < 4.78 is 0. The van der Waals surface area contributed by atoms with Crippen molar-refractivity contribution < 1.29 is 19.7 Å². The van der Waals surface area contributed by atoms with Gasteiger partial charge in [-0.05, 0) is 18.9 Å². The molecule has 0 aromatic heterocycles. The number of hydrogen-bond donors (Lipinski definition) is 1. The van der Waals surface area contributed by atoms with Crippen LogP contribution >= 0.6 is 0 Å². The van der Waals surface area contributed by atoms with E-state index in [4.69, 9.17) is 0 Å². The molecular formula is C20H24N2O6Si. The number of aliphatic carboxylic acids is 1. The fourth-order valence-electron chi connectivity index (χ4n) is 3.39. The second kappa shape index (κ2) is 8.95. The lowest BCUT2D eigenvalue weighted by Crippen LogP contribution is -2.40. The first-order chi connectivity index (χ1) is 13.6. The number of benzene rings is 1. The lowest BCUT2D eigenvalue weighted by atomic mass is 9.76. The van der Waals surface area contributed by atoms with Crippen LogP contribution < -0.4 is 5.19 Å². The predicted molar refractivity (Wildman–Crippen MR) is 112 cm³/mol. The Balaban J connectivity index is 2.11. The van der Waals surface area contributed by atoms with Gasteiger partial charge in [-0.2, -0.15) is 0 Å². The third kappa shape index (κ3) is 5.47. The van der Waals surface area contributed by atoms with Crippen molar-refractivity contribution >= 4 is 19.2 Å². The molecule has 1 atom stereocenters. The molecule has 0 aliphatic heterocycles. The van der Waals surface area contributed by atoms with E-state index in [1.165, 1.54) is 5.19 Å². The van der Waals surface area contributed by atoms with Gasteiger partial charge in [0.2, 0.25) is 0 Å². The molecule has 1 N–H and O–H groups in total. The lowest BCUT2D eigenvalue weighted by Gasteiger charge is -2.26. The fourth-order valence-corrected chi connectivity index (χ4v) is 5.48.